The Bertz CT molecular complexity index is 1210. The molecule has 1 aromatic carbocycles. The molecule has 8 nitrogen and oxygen atoms in total. The molecule has 0 atom stereocenters. The molecule has 1 amide bonds. The van der Waals surface area contributed by atoms with Gasteiger partial charge in [0.1, 0.15) is 5.69 Å². The average Bonchev–Trinajstić information content (AvgIpc) is 3.30. The molecule has 1 N–H and O–H groups in total. The van der Waals surface area contributed by atoms with Gasteiger partial charge in [-0.05, 0) is 6.07 Å². The number of aromatic nitrogens is 5. The minimum atomic E-state index is -0.435. The summed E-state index contributed by atoms with van der Waals surface area (Å²) in [6, 6.07) is 12.4. The standard InChI is InChI=1S/C19H16N6O2S/c1-24-11-10-20-17(24)16-15(12-6-4-3-5-7-12)21-19(28-16)22-18(27)13-8-9-14(26)25(2)23-13/h3-11H,1-2H3,(H,21,22,27). The highest BCUT2D eigenvalue weighted by atomic mass is 32.1. The van der Waals surface area contributed by atoms with E-state index in [0.29, 0.717) is 5.13 Å². The van der Waals surface area contributed by atoms with Crippen LogP contribution in [-0.2, 0) is 14.1 Å². The van der Waals surface area contributed by atoms with Gasteiger partial charge in [0, 0.05) is 38.1 Å². The first kappa shape index (κ1) is 17.8. The third-order valence-electron chi connectivity index (χ3n) is 4.11. The van der Waals surface area contributed by atoms with E-state index in [-0.39, 0.29) is 11.3 Å². The first-order chi connectivity index (χ1) is 13.5. The average molecular weight is 392 g/mol. The van der Waals surface area contributed by atoms with E-state index in [1.807, 2.05) is 48.1 Å². The van der Waals surface area contributed by atoms with E-state index in [1.54, 1.807) is 6.20 Å². The SMILES string of the molecule is Cn1ccnc1-c1sc(NC(=O)c2ccc(=O)n(C)n2)nc1-c1ccccc1. The maximum absolute atomic E-state index is 12.5. The van der Waals surface area contributed by atoms with Crippen LogP contribution in [0.2, 0.25) is 0 Å². The van der Waals surface area contributed by atoms with Crippen molar-refractivity contribution in [3.63, 3.8) is 0 Å². The Morgan fingerprint density at radius 2 is 1.89 bits per heavy atom. The molecule has 28 heavy (non-hydrogen) atoms. The van der Waals surface area contributed by atoms with E-state index in [1.165, 1.54) is 30.5 Å². The molecule has 3 heterocycles. The molecule has 3 aromatic heterocycles. The van der Waals surface area contributed by atoms with Gasteiger partial charge < -0.3 is 4.57 Å². The van der Waals surface area contributed by atoms with Gasteiger partial charge in [0.2, 0.25) is 0 Å². The summed E-state index contributed by atoms with van der Waals surface area (Å²) in [6.45, 7) is 0. The van der Waals surface area contributed by atoms with Crippen LogP contribution in [0, 0.1) is 0 Å². The minimum Gasteiger partial charge on any atom is -0.333 e. The second kappa shape index (κ2) is 7.20. The zero-order chi connectivity index (χ0) is 19.7. The molecule has 0 unspecified atom stereocenters. The zero-order valence-corrected chi connectivity index (χ0v) is 16.0. The van der Waals surface area contributed by atoms with Gasteiger partial charge in [0.25, 0.3) is 11.5 Å². The lowest BCUT2D eigenvalue weighted by atomic mass is 10.1. The Kier molecular flexibility index (Phi) is 4.58. The van der Waals surface area contributed by atoms with Crippen molar-refractivity contribution in [2.75, 3.05) is 5.32 Å². The van der Waals surface area contributed by atoms with Crippen LogP contribution >= 0.6 is 11.3 Å². The number of hydrogen-bond acceptors (Lipinski definition) is 6. The number of thiazole rings is 1. The van der Waals surface area contributed by atoms with Crippen molar-refractivity contribution < 1.29 is 4.79 Å². The predicted molar refractivity (Wildman–Crippen MR) is 107 cm³/mol. The number of hydrogen-bond donors (Lipinski definition) is 1. The first-order valence-electron chi connectivity index (χ1n) is 8.42. The molecule has 0 aliphatic carbocycles. The maximum Gasteiger partial charge on any atom is 0.277 e. The number of amides is 1. The molecular formula is C19H16N6O2S. The van der Waals surface area contributed by atoms with Crippen LogP contribution in [-0.4, -0.2) is 30.2 Å². The van der Waals surface area contributed by atoms with Gasteiger partial charge in [-0.3, -0.25) is 14.9 Å². The number of carbonyl (C=O) groups is 1. The number of imidazole rings is 1. The van der Waals surface area contributed by atoms with Crippen molar-refractivity contribution in [3.8, 4) is 22.0 Å². The van der Waals surface area contributed by atoms with E-state index < -0.39 is 5.91 Å². The van der Waals surface area contributed by atoms with E-state index in [9.17, 15) is 9.59 Å². The summed E-state index contributed by atoms with van der Waals surface area (Å²) in [5, 5.41) is 7.17. The molecule has 4 rings (SSSR count). The van der Waals surface area contributed by atoms with Crippen molar-refractivity contribution >= 4 is 22.4 Å². The molecule has 0 fully saturated rings. The topological polar surface area (TPSA) is 94.7 Å². The molecule has 0 aliphatic heterocycles. The quantitative estimate of drug-likeness (QED) is 0.576. The summed E-state index contributed by atoms with van der Waals surface area (Å²) in [5.41, 5.74) is 1.52. The Labute approximate surface area is 164 Å². The third kappa shape index (κ3) is 3.35. The highest BCUT2D eigenvalue weighted by Gasteiger charge is 2.20. The molecule has 0 saturated carbocycles. The molecular weight excluding hydrogens is 376 g/mol. The van der Waals surface area contributed by atoms with E-state index in [4.69, 9.17) is 0 Å². The maximum atomic E-state index is 12.5. The highest BCUT2D eigenvalue weighted by Crippen LogP contribution is 2.38. The lowest BCUT2D eigenvalue weighted by Gasteiger charge is -2.02. The Morgan fingerprint density at radius 3 is 2.57 bits per heavy atom. The van der Waals surface area contributed by atoms with Crippen LogP contribution in [0.25, 0.3) is 22.0 Å². The lowest BCUT2D eigenvalue weighted by Crippen LogP contribution is -2.23. The van der Waals surface area contributed by atoms with E-state index in [0.717, 1.165) is 26.6 Å². The van der Waals surface area contributed by atoms with Gasteiger partial charge in [-0.15, -0.1) is 0 Å². The van der Waals surface area contributed by atoms with Gasteiger partial charge in [0.15, 0.2) is 11.0 Å². The fraction of sp³-hybridized carbons (Fsp3) is 0.105. The van der Waals surface area contributed by atoms with Gasteiger partial charge in [-0.1, -0.05) is 41.7 Å². The van der Waals surface area contributed by atoms with Crippen molar-refractivity contribution in [3.05, 3.63) is 70.9 Å². The van der Waals surface area contributed by atoms with Crippen LogP contribution in [0.5, 0.6) is 0 Å². The van der Waals surface area contributed by atoms with Crippen LogP contribution in [0.1, 0.15) is 10.5 Å². The van der Waals surface area contributed by atoms with Crippen LogP contribution in [0.3, 0.4) is 0 Å². The summed E-state index contributed by atoms with van der Waals surface area (Å²) < 4.78 is 3.02. The summed E-state index contributed by atoms with van der Waals surface area (Å²) in [5.74, 6) is 0.326. The summed E-state index contributed by atoms with van der Waals surface area (Å²) in [6.07, 6.45) is 3.58. The number of nitrogens with zero attached hydrogens (tertiary/aromatic N) is 5. The predicted octanol–water partition coefficient (Wildman–Crippen LogP) is 2.56. The second-order valence-corrected chi connectivity index (χ2v) is 7.06. The third-order valence-corrected chi connectivity index (χ3v) is 5.08. The minimum absolute atomic E-state index is 0.136. The number of anilines is 1. The fourth-order valence-electron chi connectivity index (χ4n) is 2.69. The van der Waals surface area contributed by atoms with E-state index in [2.05, 4.69) is 20.4 Å². The first-order valence-corrected chi connectivity index (χ1v) is 9.24. The van der Waals surface area contributed by atoms with Crippen molar-refractivity contribution in [2.45, 2.75) is 0 Å². The summed E-state index contributed by atoms with van der Waals surface area (Å²) >= 11 is 1.33. The van der Waals surface area contributed by atoms with Gasteiger partial charge >= 0.3 is 0 Å². The van der Waals surface area contributed by atoms with Gasteiger partial charge in [-0.2, -0.15) is 5.10 Å². The Balaban J connectivity index is 1.73. The number of benzene rings is 1. The number of nitrogens with one attached hydrogen (secondary N) is 1. The molecule has 4 aromatic rings. The van der Waals surface area contributed by atoms with E-state index >= 15 is 0 Å². The molecule has 0 bridgehead atoms. The van der Waals surface area contributed by atoms with Crippen LogP contribution in [0.15, 0.2) is 59.7 Å². The highest BCUT2D eigenvalue weighted by molar-refractivity contribution is 7.19. The Hall–Kier alpha value is -3.59. The molecule has 0 radical (unpaired) electrons. The molecule has 140 valence electrons. The number of carbonyl (C=O) groups excluding carboxylic acids is 1. The van der Waals surface area contributed by atoms with Gasteiger partial charge in [0.05, 0.1) is 10.6 Å². The lowest BCUT2D eigenvalue weighted by molar-refractivity contribution is 0.102. The van der Waals surface area contributed by atoms with Crippen molar-refractivity contribution in [2.24, 2.45) is 14.1 Å². The summed E-state index contributed by atoms with van der Waals surface area (Å²) in [4.78, 5) is 33.9. The van der Waals surface area contributed by atoms with Gasteiger partial charge in [-0.25, -0.2) is 14.6 Å². The van der Waals surface area contributed by atoms with Crippen LogP contribution in [0.4, 0.5) is 5.13 Å². The largest absolute Gasteiger partial charge is 0.333 e. The monoisotopic (exact) mass is 392 g/mol. The fourth-order valence-corrected chi connectivity index (χ4v) is 3.71. The molecule has 0 aliphatic rings. The molecule has 0 saturated heterocycles. The summed E-state index contributed by atoms with van der Waals surface area (Å²) in [7, 11) is 3.40. The normalized spacial score (nSPS) is 10.8. The smallest absolute Gasteiger partial charge is 0.277 e. The molecule has 9 heteroatoms. The zero-order valence-electron chi connectivity index (χ0n) is 15.2. The van der Waals surface area contributed by atoms with Crippen LogP contribution < -0.4 is 10.9 Å². The number of rotatable bonds is 4. The molecule has 0 spiro atoms. The van der Waals surface area contributed by atoms with Crippen molar-refractivity contribution in [1.82, 2.24) is 24.3 Å². The van der Waals surface area contributed by atoms with Crippen molar-refractivity contribution in [1.29, 1.82) is 0 Å². The Morgan fingerprint density at radius 1 is 1.11 bits per heavy atom. The second-order valence-electron chi connectivity index (χ2n) is 6.06. The number of aryl methyl sites for hydroxylation is 2.